The van der Waals surface area contributed by atoms with Crippen LogP contribution < -0.4 is 4.90 Å². The Kier molecular flexibility index (Phi) is 9.94. The molecule has 2 aliphatic carbocycles. The van der Waals surface area contributed by atoms with Crippen LogP contribution in [-0.2, 0) is 5.41 Å². The molecule has 0 N–H and O–H groups in total. The van der Waals surface area contributed by atoms with Crippen LogP contribution in [0.2, 0.25) is 0 Å². The zero-order valence-electron chi connectivity index (χ0n) is 35.0. The Hall–Kier alpha value is -7.22. The lowest BCUT2D eigenvalue weighted by molar-refractivity contribution is 0.443. The molecule has 0 aliphatic heterocycles. The highest BCUT2D eigenvalue weighted by Crippen LogP contribution is 2.59. The minimum Gasteiger partial charge on any atom is -0.310 e. The number of hydrogen-bond acceptors (Lipinski definition) is 1. The monoisotopic (exact) mass is 795 g/mol. The molecule has 2 aliphatic rings. The molecule has 1 heteroatoms. The fourth-order valence-corrected chi connectivity index (χ4v) is 10.7. The van der Waals surface area contributed by atoms with Crippen LogP contribution in [0.25, 0.3) is 44.5 Å². The summed E-state index contributed by atoms with van der Waals surface area (Å²) in [4.78, 5) is 2.48. The third kappa shape index (κ3) is 6.57. The van der Waals surface area contributed by atoms with Crippen molar-refractivity contribution in [2.75, 3.05) is 4.90 Å². The van der Waals surface area contributed by atoms with E-state index in [1.807, 2.05) is 0 Å². The van der Waals surface area contributed by atoms with Gasteiger partial charge in [-0.25, -0.2) is 0 Å². The molecule has 0 radical (unpaired) electrons. The highest BCUT2D eigenvalue weighted by molar-refractivity contribution is 5.98. The van der Waals surface area contributed by atoms with E-state index in [2.05, 4.69) is 235 Å². The molecule has 0 unspecified atom stereocenters. The molecular formula is C61H49N. The van der Waals surface area contributed by atoms with Gasteiger partial charge in [-0.15, -0.1) is 0 Å². The van der Waals surface area contributed by atoms with Gasteiger partial charge in [0.1, 0.15) is 0 Å². The Labute approximate surface area is 366 Å². The first kappa shape index (κ1) is 37.8. The van der Waals surface area contributed by atoms with Crippen LogP contribution in [0.15, 0.2) is 231 Å². The second kappa shape index (κ2) is 16.3. The van der Waals surface area contributed by atoms with Gasteiger partial charge in [0.25, 0.3) is 0 Å². The minimum atomic E-state index is -0.491. The van der Waals surface area contributed by atoms with Crippen molar-refractivity contribution in [2.45, 2.75) is 43.4 Å². The molecule has 298 valence electrons. The number of rotatable bonds is 9. The van der Waals surface area contributed by atoms with Gasteiger partial charge in [0.2, 0.25) is 0 Å². The van der Waals surface area contributed by atoms with Crippen molar-refractivity contribution >= 4 is 17.1 Å². The van der Waals surface area contributed by atoms with Gasteiger partial charge in [-0.2, -0.15) is 0 Å². The van der Waals surface area contributed by atoms with Crippen molar-refractivity contribution < 1.29 is 0 Å². The van der Waals surface area contributed by atoms with Gasteiger partial charge in [-0.3, -0.25) is 0 Å². The molecule has 1 fully saturated rings. The van der Waals surface area contributed by atoms with Crippen molar-refractivity contribution in [1.29, 1.82) is 0 Å². The van der Waals surface area contributed by atoms with Crippen molar-refractivity contribution in [3.63, 3.8) is 0 Å². The molecule has 0 bridgehead atoms. The van der Waals surface area contributed by atoms with Gasteiger partial charge >= 0.3 is 0 Å². The smallest absolute Gasteiger partial charge is 0.0714 e. The predicted molar refractivity (Wildman–Crippen MR) is 261 cm³/mol. The van der Waals surface area contributed by atoms with Crippen LogP contribution in [0.4, 0.5) is 17.1 Å². The van der Waals surface area contributed by atoms with Gasteiger partial charge in [-0.05, 0) is 116 Å². The fourth-order valence-electron chi connectivity index (χ4n) is 10.7. The summed E-state index contributed by atoms with van der Waals surface area (Å²) in [7, 11) is 0. The van der Waals surface area contributed by atoms with Gasteiger partial charge in [0.15, 0.2) is 0 Å². The summed E-state index contributed by atoms with van der Waals surface area (Å²) in [6.45, 7) is 0. The largest absolute Gasteiger partial charge is 0.310 e. The van der Waals surface area contributed by atoms with Crippen LogP contribution in [0.3, 0.4) is 0 Å². The van der Waals surface area contributed by atoms with E-state index in [9.17, 15) is 0 Å². The summed E-state index contributed by atoms with van der Waals surface area (Å²) < 4.78 is 0. The predicted octanol–water partition coefficient (Wildman–Crippen LogP) is 16.6. The Morgan fingerprint density at radius 2 is 0.790 bits per heavy atom. The first-order valence-corrected chi connectivity index (χ1v) is 22.4. The standard InChI is InChI=1S/C61H49N/c1-5-18-44(19-6-1)45-32-34-46(35-33-45)47-36-40-52(41-37-47)62(53-42-38-49(39-43-53)55-27-14-13-26-54(55)48-20-7-2-8-21-48)59-31-17-30-58-60(59)56-28-15-16-29-57(56)61(58,50-22-9-3-10-23-50)51-24-11-4-12-25-51/h2-4,7-17,20-44H,1,5-6,18-19H2. The summed E-state index contributed by atoms with van der Waals surface area (Å²) >= 11 is 0. The van der Waals surface area contributed by atoms with Crippen molar-refractivity contribution in [1.82, 2.24) is 0 Å². The van der Waals surface area contributed by atoms with Gasteiger partial charge < -0.3 is 4.90 Å². The average molecular weight is 796 g/mol. The second-order valence-corrected chi connectivity index (χ2v) is 17.0. The van der Waals surface area contributed by atoms with E-state index < -0.39 is 5.41 Å². The molecule has 0 atom stereocenters. The number of hydrogen-bond donors (Lipinski definition) is 0. The minimum absolute atomic E-state index is 0.491. The van der Waals surface area contributed by atoms with E-state index in [4.69, 9.17) is 0 Å². The quantitative estimate of drug-likeness (QED) is 0.141. The highest BCUT2D eigenvalue weighted by Gasteiger charge is 2.47. The van der Waals surface area contributed by atoms with Crippen molar-refractivity contribution in [3.05, 3.63) is 258 Å². The van der Waals surface area contributed by atoms with Crippen molar-refractivity contribution in [2.24, 2.45) is 0 Å². The maximum atomic E-state index is 2.48. The third-order valence-electron chi connectivity index (χ3n) is 13.6. The summed E-state index contributed by atoms with van der Waals surface area (Å²) in [5.74, 6) is 0.701. The van der Waals surface area contributed by atoms with Crippen molar-refractivity contribution in [3.8, 4) is 44.5 Å². The highest BCUT2D eigenvalue weighted by atomic mass is 15.1. The summed E-state index contributed by atoms with van der Waals surface area (Å²) in [6, 6.07) is 85.5. The molecule has 0 heterocycles. The second-order valence-electron chi connectivity index (χ2n) is 17.0. The lowest BCUT2D eigenvalue weighted by Crippen LogP contribution is -2.28. The molecule has 0 aromatic heterocycles. The van der Waals surface area contributed by atoms with E-state index in [1.165, 1.54) is 104 Å². The van der Waals surface area contributed by atoms with E-state index in [0.29, 0.717) is 5.92 Å². The maximum absolute atomic E-state index is 2.48. The lowest BCUT2D eigenvalue weighted by atomic mass is 9.68. The first-order valence-electron chi connectivity index (χ1n) is 22.4. The number of benzene rings is 9. The summed E-state index contributed by atoms with van der Waals surface area (Å²) in [5.41, 5.74) is 19.4. The Morgan fingerprint density at radius 3 is 1.37 bits per heavy atom. The molecule has 0 spiro atoms. The van der Waals surface area contributed by atoms with Crippen LogP contribution >= 0.6 is 0 Å². The molecule has 62 heavy (non-hydrogen) atoms. The number of fused-ring (bicyclic) bond motifs is 3. The van der Waals surface area contributed by atoms with Gasteiger partial charge in [-0.1, -0.05) is 219 Å². The molecule has 1 saturated carbocycles. The zero-order valence-corrected chi connectivity index (χ0v) is 35.0. The molecule has 1 nitrogen and oxygen atoms in total. The van der Waals surface area contributed by atoms with Gasteiger partial charge in [0, 0.05) is 16.9 Å². The van der Waals surface area contributed by atoms with E-state index in [1.54, 1.807) is 0 Å². The Bertz CT molecular complexity index is 2900. The Balaban J connectivity index is 1.07. The van der Waals surface area contributed by atoms with E-state index >= 15 is 0 Å². The molecule has 9 aromatic rings. The molecule has 0 amide bonds. The van der Waals surface area contributed by atoms with Crippen LogP contribution in [0.1, 0.15) is 65.8 Å². The zero-order chi connectivity index (χ0) is 41.3. The van der Waals surface area contributed by atoms with E-state index in [0.717, 1.165) is 17.1 Å². The van der Waals surface area contributed by atoms with Crippen LogP contribution in [-0.4, -0.2) is 0 Å². The SMILES string of the molecule is c1ccc(-c2ccccc2-c2ccc(N(c3ccc(-c4ccc(C5CCCCC5)cc4)cc3)c3cccc4c3-c3ccccc3C4(c3ccccc3)c3ccccc3)cc2)cc1. The normalized spacial score (nSPS) is 14.2. The summed E-state index contributed by atoms with van der Waals surface area (Å²) in [6.07, 6.45) is 6.71. The molecule has 0 saturated heterocycles. The molecule has 11 rings (SSSR count). The number of nitrogens with zero attached hydrogens (tertiary/aromatic N) is 1. The first-order chi connectivity index (χ1) is 30.8. The topological polar surface area (TPSA) is 3.24 Å². The Morgan fingerprint density at radius 1 is 0.339 bits per heavy atom. The van der Waals surface area contributed by atoms with E-state index in [-0.39, 0.29) is 0 Å². The summed E-state index contributed by atoms with van der Waals surface area (Å²) in [5, 5.41) is 0. The third-order valence-corrected chi connectivity index (χ3v) is 13.6. The maximum Gasteiger partial charge on any atom is 0.0714 e. The molecular weight excluding hydrogens is 747 g/mol. The van der Waals surface area contributed by atoms with Crippen LogP contribution in [0, 0.1) is 0 Å². The van der Waals surface area contributed by atoms with Gasteiger partial charge in [0.05, 0.1) is 11.1 Å². The fraction of sp³-hybridized carbons (Fsp3) is 0.115. The number of anilines is 3. The average Bonchev–Trinajstić information content (AvgIpc) is 3.67. The molecule has 9 aromatic carbocycles. The van der Waals surface area contributed by atoms with Crippen LogP contribution in [0.5, 0.6) is 0 Å². The lowest BCUT2D eigenvalue weighted by Gasteiger charge is -2.34.